The molecule has 2 rings (SSSR count). The van der Waals surface area contributed by atoms with E-state index in [2.05, 4.69) is 5.32 Å². The van der Waals surface area contributed by atoms with Crippen LogP contribution >= 0.6 is 11.8 Å². The van der Waals surface area contributed by atoms with Gasteiger partial charge in [-0.2, -0.15) is 11.8 Å². The van der Waals surface area contributed by atoms with Crippen molar-refractivity contribution in [1.82, 2.24) is 0 Å². The summed E-state index contributed by atoms with van der Waals surface area (Å²) in [5.74, 6) is 2.19. The fourth-order valence-electron chi connectivity index (χ4n) is 1.96. The summed E-state index contributed by atoms with van der Waals surface area (Å²) in [6.45, 7) is 0. The van der Waals surface area contributed by atoms with Crippen LogP contribution in [0.3, 0.4) is 0 Å². The molecule has 0 saturated carbocycles. The molecule has 0 aromatic heterocycles. The largest absolute Gasteiger partial charge is 0.399 e. The molecule has 1 fully saturated rings. The number of nitrogens with one attached hydrogen (secondary N) is 1. The minimum absolute atomic E-state index is 0.00299. The first-order chi connectivity index (χ1) is 8.16. The standard InChI is InChI=1S/C12H16F2N2S/c13-12(14)10-7-8(15)1-2-11(10)16-9-3-5-17-6-4-9/h1-2,7,9,12,16H,3-6,15H2. The number of benzene rings is 1. The number of anilines is 2. The van der Waals surface area contributed by atoms with E-state index in [1.54, 1.807) is 12.1 Å². The smallest absolute Gasteiger partial charge is 0.265 e. The highest BCUT2D eigenvalue weighted by Crippen LogP contribution is 2.31. The Kier molecular flexibility index (Phi) is 4.10. The van der Waals surface area contributed by atoms with Gasteiger partial charge in [-0.25, -0.2) is 8.78 Å². The fraction of sp³-hybridized carbons (Fsp3) is 0.500. The molecule has 1 aromatic carbocycles. The molecule has 0 bridgehead atoms. The Labute approximate surface area is 104 Å². The average Bonchev–Trinajstić information content (AvgIpc) is 2.32. The first-order valence-corrected chi connectivity index (χ1v) is 6.84. The minimum atomic E-state index is -2.49. The Morgan fingerprint density at radius 2 is 2.00 bits per heavy atom. The second kappa shape index (κ2) is 5.58. The van der Waals surface area contributed by atoms with Gasteiger partial charge in [-0.05, 0) is 42.5 Å². The Hall–Kier alpha value is -0.970. The average molecular weight is 258 g/mol. The van der Waals surface area contributed by atoms with Crippen LogP contribution in [0.2, 0.25) is 0 Å². The lowest BCUT2D eigenvalue weighted by Crippen LogP contribution is -2.25. The highest BCUT2D eigenvalue weighted by atomic mass is 32.2. The third kappa shape index (κ3) is 3.25. The molecule has 3 N–H and O–H groups in total. The summed E-state index contributed by atoms with van der Waals surface area (Å²) in [5.41, 5.74) is 6.44. The van der Waals surface area contributed by atoms with E-state index in [9.17, 15) is 8.78 Å². The van der Waals surface area contributed by atoms with Crippen LogP contribution in [0.15, 0.2) is 18.2 Å². The number of hydrogen-bond acceptors (Lipinski definition) is 3. The van der Waals surface area contributed by atoms with E-state index >= 15 is 0 Å². The van der Waals surface area contributed by atoms with Gasteiger partial charge in [0, 0.05) is 23.0 Å². The van der Waals surface area contributed by atoms with Crippen molar-refractivity contribution in [3.63, 3.8) is 0 Å². The molecule has 17 heavy (non-hydrogen) atoms. The molecule has 0 amide bonds. The van der Waals surface area contributed by atoms with Crippen LogP contribution in [0.5, 0.6) is 0 Å². The van der Waals surface area contributed by atoms with Crippen LogP contribution in [-0.2, 0) is 0 Å². The normalized spacial score (nSPS) is 17.4. The van der Waals surface area contributed by atoms with Crippen molar-refractivity contribution in [2.24, 2.45) is 0 Å². The van der Waals surface area contributed by atoms with Crippen molar-refractivity contribution in [2.75, 3.05) is 22.6 Å². The quantitative estimate of drug-likeness (QED) is 0.815. The third-order valence-electron chi connectivity index (χ3n) is 2.89. The second-order valence-corrected chi connectivity index (χ2v) is 5.40. The van der Waals surface area contributed by atoms with Crippen LogP contribution < -0.4 is 11.1 Å². The molecule has 0 atom stereocenters. The SMILES string of the molecule is Nc1ccc(NC2CCSCC2)c(C(F)F)c1. The second-order valence-electron chi connectivity index (χ2n) is 4.18. The molecule has 1 aromatic rings. The molecule has 1 saturated heterocycles. The lowest BCUT2D eigenvalue weighted by Gasteiger charge is -2.25. The Morgan fingerprint density at radius 1 is 1.29 bits per heavy atom. The van der Waals surface area contributed by atoms with Crippen molar-refractivity contribution in [3.8, 4) is 0 Å². The molecule has 5 heteroatoms. The summed E-state index contributed by atoms with van der Waals surface area (Å²) in [7, 11) is 0. The van der Waals surface area contributed by atoms with Crippen molar-refractivity contribution in [1.29, 1.82) is 0 Å². The Morgan fingerprint density at radius 3 is 2.65 bits per heavy atom. The molecular weight excluding hydrogens is 242 g/mol. The van der Waals surface area contributed by atoms with E-state index in [-0.39, 0.29) is 5.56 Å². The van der Waals surface area contributed by atoms with Crippen LogP contribution in [0, 0.1) is 0 Å². The molecule has 0 unspecified atom stereocenters. The minimum Gasteiger partial charge on any atom is -0.399 e. The molecule has 0 aliphatic carbocycles. The van der Waals surface area contributed by atoms with E-state index in [4.69, 9.17) is 5.73 Å². The highest BCUT2D eigenvalue weighted by Gasteiger charge is 2.18. The molecular formula is C12H16F2N2S. The Balaban J connectivity index is 2.13. The number of thioether (sulfide) groups is 1. The van der Waals surface area contributed by atoms with Crippen molar-refractivity contribution in [3.05, 3.63) is 23.8 Å². The number of nitrogens with two attached hydrogens (primary N) is 1. The molecule has 1 aliphatic heterocycles. The molecule has 0 spiro atoms. The summed E-state index contributed by atoms with van der Waals surface area (Å²) in [4.78, 5) is 0. The zero-order valence-corrected chi connectivity index (χ0v) is 10.3. The number of halogens is 2. The Bertz CT molecular complexity index is 379. The number of rotatable bonds is 3. The van der Waals surface area contributed by atoms with Crippen molar-refractivity contribution in [2.45, 2.75) is 25.3 Å². The van der Waals surface area contributed by atoms with E-state index < -0.39 is 6.43 Å². The van der Waals surface area contributed by atoms with E-state index in [1.165, 1.54) is 6.07 Å². The van der Waals surface area contributed by atoms with Gasteiger partial charge in [0.25, 0.3) is 6.43 Å². The molecule has 1 aliphatic rings. The predicted molar refractivity (Wildman–Crippen MR) is 69.8 cm³/mol. The lowest BCUT2D eigenvalue weighted by molar-refractivity contribution is 0.152. The molecule has 0 radical (unpaired) electrons. The lowest BCUT2D eigenvalue weighted by atomic mass is 10.1. The summed E-state index contributed by atoms with van der Waals surface area (Å²) < 4.78 is 25.7. The zero-order chi connectivity index (χ0) is 12.3. The van der Waals surface area contributed by atoms with Crippen molar-refractivity contribution >= 4 is 23.1 Å². The van der Waals surface area contributed by atoms with Crippen molar-refractivity contribution < 1.29 is 8.78 Å². The predicted octanol–water partition coefficient (Wildman–Crippen LogP) is 3.51. The maximum absolute atomic E-state index is 12.9. The van der Waals surface area contributed by atoms with E-state index in [1.807, 2.05) is 11.8 Å². The number of hydrogen-bond donors (Lipinski definition) is 2. The van der Waals surface area contributed by atoms with Gasteiger partial charge in [0.05, 0.1) is 0 Å². The highest BCUT2D eigenvalue weighted by molar-refractivity contribution is 7.99. The summed E-state index contributed by atoms with van der Waals surface area (Å²) in [6.07, 6.45) is -0.436. The van der Waals surface area contributed by atoms with Gasteiger partial charge in [0.1, 0.15) is 0 Å². The summed E-state index contributed by atoms with van der Waals surface area (Å²) in [5, 5.41) is 3.21. The first-order valence-electron chi connectivity index (χ1n) is 5.68. The first kappa shape index (κ1) is 12.5. The maximum atomic E-state index is 12.9. The topological polar surface area (TPSA) is 38.0 Å². The van der Waals surface area contributed by atoms with Gasteiger partial charge in [0.2, 0.25) is 0 Å². The van der Waals surface area contributed by atoms with Gasteiger partial charge in [-0.3, -0.25) is 0 Å². The summed E-state index contributed by atoms with van der Waals surface area (Å²) >= 11 is 1.91. The van der Waals surface area contributed by atoms with E-state index in [0.717, 1.165) is 24.3 Å². The molecule has 1 heterocycles. The third-order valence-corrected chi connectivity index (χ3v) is 3.94. The monoisotopic (exact) mass is 258 g/mol. The van der Waals surface area contributed by atoms with Gasteiger partial charge in [0.15, 0.2) is 0 Å². The molecule has 2 nitrogen and oxygen atoms in total. The fourth-order valence-corrected chi connectivity index (χ4v) is 3.06. The zero-order valence-electron chi connectivity index (χ0n) is 9.46. The van der Waals surface area contributed by atoms with Gasteiger partial charge in [-0.15, -0.1) is 0 Å². The van der Waals surface area contributed by atoms with Crippen LogP contribution in [0.25, 0.3) is 0 Å². The maximum Gasteiger partial charge on any atom is 0.265 e. The number of alkyl halides is 2. The van der Waals surface area contributed by atoms with Gasteiger partial charge in [-0.1, -0.05) is 0 Å². The van der Waals surface area contributed by atoms with Gasteiger partial charge < -0.3 is 11.1 Å². The van der Waals surface area contributed by atoms with Crippen LogP contribution in [-0.4, -0.2) is 17.5 Å². The van der Waals surface area contributed by atoms with Gasteiger partial charge >= 0.3 is 0 Å². The van der Waals surface area contributed by atoms with Crippen LogP contribution in [0.1, 0.15) is 24.8 Å². The van der Waals surface area contributed by atoms with E-state index in [0.29, 0.717) is 17.4 Å². The summed E-state index contributed by atoms with van der Waals surface area (Å²) in [6, 6.07) is 4.96. The number of nitrogen functional groups attached to an aromatic ring is 1. The van der Waals surface area contributed by atoms with Crippen LogP contribution in [0.4, 0.5) is 20.2 Å². The molecule has 94 valence electrons.